The van der Waals surface area contributed by atoms with E-state index < -0.39 is 0 Å². The van der Waals surface area contributed by atoms with Gasteiger partial charge in [0.2, 0.25) is 0 Å². The minimum atomic E-state index is 0.0260. The van der Waals surface area contributed by atoms with Crippen molar-refractivity contribution < 1.29 is 4.74 Å². The smallest absolute Gasteiger partial charge is 0.0946 e. The number of hydrogen-bond donors (Lipinski definition) is 1. The van der Waals surface area contributed by atoms with E-state index in [4.69, 9.17) is 10.5 Å². The third-order valence-electron chi connectivity index (χ3n) is 1.82. The summed E-state index contributed by atoms with van der Waals surface area (Å²) in [5, 5.41) is 0. The fraction of sp³-hybridized carbons (Fsp3) is 0.400. The van der Waals surface area contributed by atoms with Gasteiger partial charge in [-0.05, 0) is 24.6 Å². The van der Waals surface area contributed by atoms with Gasteiger partial charge >= 0.3 is 0 Å². The summed E-state index contributed by atoms with van der Waals surface area (Å²) in [6, 6.07) is 8.04. The number of hydrogen-bond acceptors (Lipinski definition) is 2. The molecule has 0 heterocycles. The second-order valence-corrected chi connectivity index (χ2v) is 3.65. The molecule has 13 heavy (non-hydrogen) atoms. The normalized spacial score (nSPS) is 12.8. The molecular weight excluding hydrogens is 230 g/mol. The molecule has 0 fully saturated rings. The van der Waals surface area contributed by atoms with Gasteiger partial charge in [0.05, 0.1) is 6.10 Å². The van der Waals surface area contributed by atoms with Gasteiger partial charge in [-0.15, -0.1) is 0 Å². The summed E-state index contributed by atoms with van der Waals surface area (Å²) in [6.45, 7) is 3.19. The SMILES string of the molecule is CCO[C@H](CN)c1ccc(Br)cc1. The molecule has 1 aromatic rings. The van der Waals surface area contributed by atoms with Crippen LogP contribution in [0.3, 0.4) is 0 Å². The molecule has 0 aliphatic carbocycles. The van der Waals surface area contributed by atoms with Crippen LogP contribution >= 0.6 is 15.9 Å². The highest BCUT2D eigenvalue weighted by Gasteiger charge is 2.07. The number of benzene rings is 1. The van der Waals surface area contributed by atoms with Crippen LogP contribution in [0.1, 0.15) is 18.6 Å². The standard InChI is InChI=1S/C10H14BrNO/c1-2-13-10(7-12)8-3-5-9(11)6-4-8/h3-6,10H,2,7,12H2,1H3/t10-/m1/s1. The highest BCUT2D eigenvalue weighted by atomic mass is 79.9. The summed E-state index contributed by atoms with van der Waals surface area (Å²) in [4.78, 5) is 0. The molecule has 2 nitrogen and oxygen atoms in total. The maximum atomic E-state index is 5.59. The first kappa shape index (κ1) is 10.7. The molecule has 2 N–H and O–H groups in total. The first-order valence-electron chi connectivity index (χ1n) is 4.35. The lowest BCUT2D eigenvalue weighted by Gasteiger charge is -2.14. The van der Waals surface area contributed by atoms with E-state index in [1.54, 1.807) is 0 Å². The van der Waals surface area contributed by atoms with Crippen molar-refractivity contribution in [2.24, 2.45) is 5.73 Å². The van der Waals surface area contributed by atoms with Crippen LogP contribution in [0.4, 0.5) is 0 Å². The Labute approximate surface area is 87.2 Å². The molecule has 3 heteroatoms. The third kappa shape index (κ3) is 3.10. The molecular formula is C10H14BrNO. The Bertz CT molecular complexity index is 248. The molecule has 1 rings (SSSR count). The maximum absolute atomic E-state index is 5.59. The van der Waals surface area contributed by atoms with Gasteiger partial charge in [-0.25, -0.2) is 0 Å². The summed E-state index contributed by atoms with van der Waals surface area (Å²) in [7, 11) is 0. The van der Waals surface area contributed by atoms with Crippen molar-refractivity contribution in [1.82, 2.24) is 0 Å². The first-order chi connectivity index (χ1) is 6.27. The summed E-state index contributed by atoms with van der Waals surface area (Å²) in [5.74, 6) is 0. The molecule has 0 unspecified atom stereocenters. The van der Waals surface area contributed by atoms with E-state index in [-0.39, 0.29) is 6.10 Å². The lowest BCUT2D eigenvalue weighted by molar-refractivity contribution is 0.0688. The highest BCUT2D eigenvalue weighted by molar-refractivity contribution is 9.10. The van der Waals surface area contributed by atoms with Crippen LogP contribution in [0.5, 0.6) is 0 Å². The summed E-state index contributed by atoms with van der Waals surface area (Å²) < 4.78 is 6.55. The lowest BCUT2D eigenvalue weighted by Crippen LogP contribution is -2.15. The van der Waals surface area contributed by atoms with Crippen LogP contribution in [-0.2, 0) is 4.74 Å². The minimum Gasteiger partial charge on any atom is -0.372 e. The van der Waals surface area contributed by atoms with E-state index >= 15 is 0 Å². The van der Waals surface area contributed by atoms with Gasteiger partial charge in [-0.1, -0.05) is 28.1 Å². The Morgan fingerprint density at radius 2 is 2.00 bits per heavy atom. The van der Waals surface area contributed by atoms with E-state index in [0.29, 0.717) is 13.2 Å². The van der Waals surface area contributed by atoms with Crippen LogP contribution in [0.2, 0.25) is 0 Å². The third-order valence-corrected chi connectivity index (χ3v) is 2.35. The molecule has 0 aromatic heterocycles. The van der Waals surface area contributed by atoms with Gasteiger partial charge in [-0.2, -0.15) is 0 Å². The molecule has 0 spiro atoms. The molecule has 0 radical (unpaired) electrons. The van der Waals surface area contributed by atoms with Crippen molar-refractivity contribution in [2.45, 2.75) is 13.0 Å². The van der Waals surface area contributed by atoms with Gasteiger partial charge < -0.3 is 10.5 Å². The summed E-state index contributed by atoms with van der Waals surface area (Å²) in [6.07, 6.45) is 0.0260. The topological polar surface area (TPSA) is 35.2 Å². The van der Waals surface area contributed by atoms with Gasteiger partial charge in [0.25, 0.3) is 0 Å². The van der Waals surface area contributed by atoms with Crippen LogP contribution in [-0.4, -0.2) is 13.2 Å². The quantitative estimate of drug-likeness (QED) is 0.883. The molecule has 0 amide bonds. The first-order valence-corrected chi connectivity index (χ1v) is 5.14. The Hall–Kier alpha value is -0.380. The predicted octanol–water partition coefficient (Wildman–Crippen LogP) is 2.49. The Morgan fingerprint density at radius 1 is 1.38 bits per heavy atom. The average molecular weight is 244 g/mol. The maximum Gasteiger partial charge on any atom is 0.0946 e. The van der Waals surface area contributed by atoms with Crippen LogP contribution < -0.4 is 5.73 Å². The molecule has 0 saturated heterocycles. The number of rotatable bonds is 4. The van der Waals surface area contributed by atoms with E-state index in [2.05, 4.69) is 15.9 Å². The molecule has 0 saturated carbocycles. The van der Waals surface area contributed by atoms with E-state index in [1.807, 2.05) is 31.2 Å². The average Bonchev–Trinajstić information content (AvgIpc) is 2.16. The highest BCUT2D eigenvalue weighted by Crippen LogP contribution is 2.18. The number of nitrogens with two attached hydrogens (primary N) is 1. The second kappa shape index (κ2) is 5.37. The second-order valence-electron chi connectivity index (χ2n) is 2.73. The van der Waals surface area contributed by atoms with Crippen LogP contribution in [0, 0.1) is 0 Å². The van der Waals surface area contributed by atoms with E-state index in [1.165, 1.54) is 0 Å². The van der Waals surface area contributed by atoms with Gasteiger partial charge in [-0.3, -0.25) is 0 Å². The van der Waals surface area contributed by atoms with Crippen LogP contribution in [0.15, 0.2) is 28.7 Å². The summed E-state index contributed by atoms with van der Waals surface area (Å²) >= 11 is 3.38. The minimum absolute atomic E-state index is 0.0260. The molecule has 0 bridgehead atoms. The Morgan fingerprint density at radius 3 is 2.46 bits per heavy atom. The molecule has 1 aromatic carbocycles. The van der Waals surface area contributed by atoms with Gasteiger partial charge in [0.1, 0.15) is 0 Å². The van der Waals surface area contributed by atoms with Crippen molar-refractivity contribution in [3.05, 3.63) is 34.3 Å². The van der Waals surface area contributed by atoms with Gasteiger partial charge in [0, 0.05) is 17.6 Å². The van der Waals surface area contributed by atoms with E-state index in [9.17, 15) is 0 Å². The zero-order chi connectivity index (χ0) is 9.68. The summed E-state index contributed by atoms with van der Waals surface area (Å²) in [5.41, 5.74) is 6.72. The molecule has 0 aliphatic heterocycles. The molecule has 1 atom stereocenters. The zero-order valence-corrected chi connectivity index (χ0v) is 9.25. The number of halogens is 1. The molecule has 0 aliphatic rings. The van der Waals surface area contributed by atoms with Crippen LogP contribution in [0.25, 0.3) is 0 Å². The van der Waals surface area contributed by atoms with E-state index in [0.717, 1.165) is 10.0 Å². The van der Waals surface area contributed by atoms with Crippen molar-refractivity contribution in [2.75, 3.05) is 13.2 Å². The van der Waals surface area contributed by atoms with Crippen molar-refractivity contribution in [3.8, 4) is 0 Å². The largest absolute Gasteiger partial charge is 0.372 e. The lowest BCUT2D eigenvalue weighted by atomic mass is 10.1. The number of ether oxygens (including phenoxy) is 1. The fourth-order valence-corrected chi connectivity index (χ4v) is 1.44. The Kier molecular flexibility index (Phi) is 4.42. The fourth-order valence-electron chi connectivity index (χ4n) is 1.18. The monoisotopic (exact) mass is 243 g/mol. The zero-order valence-electron chi connectivity index (χ0n) is 7.66. The van der Waals surface area contributed by atoms with Gasteiger partial charge in [0.15, 0.2) is 0 Å². The van der Waals surface area contributed by atoms with Crippen molar-refractivity contribution in [3.63, 3.8) is 0 Å². The van der Waals surface area contributed by atoms with Crippen molar-refractivity contribution in [1.29, 1.82) is 0 Å². The van der Waals surface area contributed by atoms with Crippen molar-refractivity contribution >= 4 is 15.9 Å². The molecule has 72 valence electrons. The predicted molar refractivity (Wildman–Crippen MR) is 57.6 cm³/mol. The Balaban J connectivity index is 2.73.